The predicted molar refractivity (Wildman–Crippen MR) is 147 cm³/mol. The van der Waals surface area contributed by atoms with Gasteiger partial charge in [-0.2, -0.15) is 0 Å². The molecule has 0 radical (unpaired) electrons. The first-order valence-corrected chi connectivity index (χ1v) is 13.7. The van der Waals surface area contributed by atoms with E-state index in [0.29, 0.717) is 50.6 Å². The average molecular weight is 591 g/mol. The number of hydrogen-bond acceptors (Lipinski definition) is 8. The Balaban J connectivity index is 1.67. The van der Waals surface area contributed by atoms with Crippen molar-refractivity contribution in [2.75, 3.05) is 86.1 Å². The number of likely N-dealkylation sites (N-methyl/N-ethyl adjacent to an activating group) is 1. The highest BCUT2D eigenvalue weighted by Gasteiger charge is 2.35. The van der Waals surface area contributed by atoms with E-state index < -0.39 is 24.2 Å². The lowest BCUT2D eigenvalue weighted by molar-refractivity contribution is -0.275. The van der Waals surface area contributed by atoms with Crippen LogP contribution < -0.4 is 30.1 Å². The largest absolute Gasteiger partial charge is 0.573 e. The van der Waals surface area contributed by atoms with Gasteiger partial charge in [0.25, 0.3) is 0 Å². The molecular formula is C27H36F6N6O2. The molecule has 2 aromatic carbocycles. The number of ether oxygens (including phenoxy) is 2. The van der Waals surface area contributed by atoms with E-state index in [-0.39, 0.29) is 11.4 Å². The number of rotatable bonds is 10. The van der Waals surface area contributed by atoms with Crippen LogP contribution in [0.15, 0.2) is 36.4 Å². The van der Waals surface area contributed by atoms with Crippen molar-refractivity contribution in [2.24, 2.45) is 0 Å². The zero-order valence-corrected chi connectivity index (χ0v) is 23.1. The van der Waals surface area contributed by atoms with Crippen LogP contribution in [0.1, 0.15) is 20.3 Å². The quantitative estimate of drug-likeness (QED) is 0.274. The standard InChI is InChI=1S/C27H36F6N6O2/c1-3-11-37-14-18-39(19-15-37)21-8-6-10-23(41-27(31,32)33)25(21)35-34-24-20(38-16-12-36(4-2)13-17-38)7-5-9-22(24)40-26(28,29)30/h5-10,34-35H,3-4,11-19H2,1-2H3. The maximum Gasteiger partial charge on any atom is 0.573 e. The third-order valence-corrected chi connectivity index (χ3v) is 7.19. The molecule has 2 aliphatic heterocycles. The molecule has 0 aromatic heterocycles. The average Bonchev–Trinajstić information content (AvgIpc) is 2.92. The van der Waals surface area contributed by atoms with Crippen molar-refractivity contribution in [3.8, 4) is 11.5 Å². The van der Waals surface area contributed by atoms with Gasteiger partial charge in [-0.1, -0.05) is 26.0 Å². The summed E-state index contributed by atoms with van der Waals surface area (Å²) in [6.45, 7) is 11.0. The van der Waals surface area contributed by atoms with Gasteiger partial charge in [0.2, 0.25) is 0 Å². The highest BCUT2D eigenvalue weighted by molar-refractivity contribution is 5.82. The van der Waals surface area contributed by atoms with E-state index in [9.17, 15) is 26.3 Å². The van der Waals surface area contributed by atoms with Gasteiger partial charge < -0.3 is 24.2 Å². The van der Waals surface area contributed by atoms with Gasteiger partial charge in [-0.15, -0.1) is 26.3 Å². The van der Waals surface area contributed by atoms with Gasteiger partial charge in [-0.3, -0.25) is 15.8 Å². The Kier molecular flexibility index (Phi) is 9.84. The zero-order chi connectivity index (χ0) is 29.6. The summed E-state index contributed by atoms with van der Waals surface area (Å²) in [6, 6.07) is 8.55. The lowest BCUT2D eigenvalue weighted by Gasteiger charge is -2.38. The molecule has 0 atom stereocenters. The molecule has 8 nitrogen and oxygen atoms in total. The van der Waals surface area contributed by atoms with Crippen LogP contribution in [0.3, 0.4) is 0 Å². The molecule has 0 bridgehead atoms. The molecule has 2 heterocycles. The van der Waals surface area contributed by atoms with Crippen molar-refractivity contribution in [1.29, 1.82) is 0 Å². The van der Waals surface area contributed by atoms with E-state index in [1.165, 1.54) is 12.1 Å². The fourth-order valence-electron chi connectivity index (χ4n) is 5.20. The fourth-order valence-corrected chi connectivity index (χ4v) is 5.20. The molecule has 41 heavy (non-hydrogen) atoms. The second-order valence-electron chi connectivity index (χ2n) is 9.90. The van der Waals surface area contributed by atoms with Crippen LogP contribution in [0.25, 0.3) is 0 Å². The van der Waals surface area contributed by atoms with Gasteiger partial charge in [0.15, 0.2) is 11.5 Å². The van der Waals surface area contributed by atoms with Gasteiger partial charge in [-0.05, 0) is 43.8 Å². The Labute approximate surface area is 235 Å². The summed E-state index contributed by atoms with van der Waals surface area (Å²) < 4.78 is 88.8. The lowest BCUT2D eigenvalue weighted by Crippen LogP contribution is -2.47. The molecule has 0 spiro atoms. The van der Waals surface area contributed by atoms with E-state index in [2.05, 4.69) is 37.0 Å². The second-order valence-corrected chi connectivity index (χ2v) is 9.90. The molecule has 2 fully saturated rings. The lowest BCUT2D eigenvalue weighted by atomic mass is 10.2. The molecule has 0 aliphatic carbocycles. The van der Waals surface area contributed by atoms with Crippen molar-refractivity contribution in [3.63, 3.8) is 0 Å². The molecule has 4 rings (SSSR count). The van der Waals surface area contributed by atoms with Crippen molar-refractivity contribution in [1.82, 2.24) is 9.80 Å². The van der Waals surface area contributed by atoms with Crippen molar-refractivity contribution in [2.45, 2.75) is 33.0 Å². The predicted octanol–water partition coefficient (Wildman–Crippen LogP) is 5.60. The normalized spacial score (nSPS) is 17.5. The summed E-state index contributed by atoms with van der Waals surface area (Å²) in [5.41, 5.74) is 6.30. The van der Waals surface area contributed by atoms with Crippen LogP contribution in [0, 0.1) is 0 Å². The first kappa shape index (κ1) is 30.7. The van der Waals surface area contributed by atoms with E-state index in [1.807, 2.05) is 16.7 Å². The van der Waals surface area contributed by atoms with Gasteiger partial charge in [0, 0.05) is 52.4 Å². The minimum Gasteiger partial charge on any atom is -0.403 e. The minimum absolute atomic E-state index is 0.0441. The van der Waals surface area contributed by atoms with Crippen LogP contribution >= 0.6 is 0 Å². The Hall–Kier alpha value is -3.26. The topological polar surface area (TPSA) is 55.5 Å². The van der Waals surface area contributed by atoms with Crippen LogP contribution in [-0.2, 0) is 0 Å². The smallest absolute Gasteiger partial charge is 0.403 e. The number of hydrogen-bond donors (Lipinski definition) is 2. The Morgan fingerprint density at radius 2 is 1.05 bits per heavy atom. The van der Waals surface area contributed by atoms with Gasteiger partial charge in [0.1, 0.15) is 11.4 Å². The number of halogens is 6. The van der Waals surface area contributed by atoms with Crippen LogP contribution in [-0.4, -0.2) is 88.0 Å². The second kappa shape index (κ2) is 13.1. The zero-order valence-electron chi connectivity index (χ0n) is 23.1. The van der Waals surface area contributed by atoms with Crippen LogP contribution in [0.4, 0.5) is 49.1 Å². The highest BCUT2D eigenvalue weighted by atomic mass is 19.4. The monoisotopic (exact) mass is 590 g/mol. The van der Waals surface area contributed by atoms with Crippen LogP contribution in [0.2, 0.25) is 0 Å². The van der Waals surface area contributed by atoms with Gasteiger partial charge in [-0.25, -0.2) is 0 Å². The molecule has 2 saturated heterocycles. The molecule has 0 amide bonds. The van der Waals surface area contributed by atoms with E-state index in [1.54, 1.807) is 12.1 Å². The summed E-state index contributed by atoms with van der Waals surface area (Å²) in [7, 11) is 0. The molecule has 228 valence electrons. The third kappa shape index (κ3) is 8.38. The first-order chi connectivity index (χ1) is 19.5. The number of benzene rings is 2. The van der Waals surface area contributed by atoms with Crippen molar-refractivity contribution >= 4 is 22.7 Å². The van der Waals surface area contributed by atoms with E-state index in [4.69, 9.17) is 0 Å². The van der Waals surface area contributed by atoms with Crippen molar-refractivity contribution < 1.29 is 35.8 Å². The number of nitrogens with zero attached hydrogens (tertiary/aromatic N) is 4. The highest BCUT2D eigenvalue weighted by Crippen LogP contribution is 2.42. The number of para-hydroxylation sites is 2. The minimum atomic E-state index is -4.98. The number of anilines is 4. The molecule has 2 aromatic rings. The van der Waals surface area contributed by atoms with Gasteiger partial charge >= 0.3 is 12.7 Å². The Morgan fingerprint density at radius 1 is 0.634 bits per heavy atom. The Bertz CT molecular complexity index is 1130. The van der Waals surface area contributed by atoms with E-state index >= 15 is 0 Å². The van der Waals surface area contributed by atoms with Crippen molar-refractivity contribution in [3.05, 3.63) is 36.4 Å². The molecule has 0 unspecified atom stereocenters. The summed E-state index contributed by atoms with van der Waals surface area (Å²) in [4.78, 5) is 8.34. The number of alkyl halides is 6. The number of piperazine rings is 2. The first-order valence-electron chi connectivity index (χ1n) is 13.7. The third-order valence-electron chi connectivity index (χ3n) is 7.19. The number of hydrazine groups is 1. The molecule has 0 saturated carbocycles. The van der Waals surface area contributed by atoms with E-state index in [0.717, 1.165) is 44.7 Å². The number of nitrogens with one attached hydrogen (secondary N) is 2. The summed E-state index contributed by atoms with van der Waals surface area (Å²) in [5, 5.41) is 0. The summed E-state index contributed by atoms with van der Waals surface area (Å²) in [5.74, 6) is -1.02. The maximum absolute atomic E-state index is 13.4. The Morgan fingerprint density at radius 3 is 1.41 bits per heavy atom. The van der Waals surface area contributed by atoms with Crippen LogP contribution in [0.5, 0.6) is 11.5 Å². The molecule has 14 heteroatoms. The molecule has 2 N–H and O–H groups in total. The fraction of sp³-hybridized carbons (Fsp3) is 0.556. The molecular weight excluding hydrogens is 554 g/mol. The maximum atomic E-state index is 13.4. The van der Waals surface area contributed by atoms with Gasteiger partial charge in [0.05, 0.1) is 11.4 Å². The summed E-state index contributed by atoms with van der Waals surface area (Å²) in [6.07, 6.45) is -8.96. The molecule has 2 aliphatic rings. The summed E-state index contributed by atoms with van der Waals surface area (Å²) >= 11 is 0. The SMILES string of the molecule is CCCN1CCN(c2cccc(OC(F)(F)F)c2NNc2c(OC(F)(F)F)cccc2N2CCN(CC)CC2)CC1.